The minimum atomic E-state index is -1.03. The van der Waals surface area contributed by atoms with Crippen LogP contribution in [-0.4, -0.2) is 21.9 Å². The monoisotopic (exact) mass is 435 g/mol. The molecule has 6 heteroatoms. The largest absolute Gasteiger partial charge is 0.369 e. The van der Waals surface area contributed by atoms with Gasteiger partial charge in [0, 0.05) is 35.8 Å². The molecule has 0 amide bonds. The lowest BCUT2D eigenvalue weighted by Gasteiger charge is -2.27. The van der Waals surface area contributed by atoms with Gasteiger partial charge in [-0.05, 0) is 60.0 Å². The summed E-state index contributed by atoms with van der Waals surface area (Å²) < 4.78 is 15.9. The molecule has 1 aromatic heterocycles. The topological polar surface area (TPSA) is 41.3 Å². The molecule has 0 aliphatic rings. The molecule has 4 rings (SSSR count). The zero-order valence-corrected chi connectivity index (χ0v) is 18.3. The first kappa shape index (κ1) is 21.1. The van der Waals surface area contributed by atoms with E-state index in [0.717, 1.165) is 27.6 Å². The van der Waals surface area contributed by atoms with Crippen LogP contribution >= 0.6 is 11.6 Å². The van der Waals surface area contributed by atoms with E-state index in [9.17, 15) is 9.50 Å². The minimum absolute atomic E-state index is 0.364. The van der Waals surface area contributed by atoms with Crippen LogP contribution < -0.4 is 4.90 Å². The molecule has 0 saturated heterocycles. The number of aliphatic hydroxyl groups is 1. The standard InChI is InChI=1S/C25H23ClFN3O/c1-4-5-16-10-20(27)14-21(11-16)29(2)25(31)22-8-6-18(13-23(22)26)17-7-9-24-19(12-17)15-28-30(24)3/h4-15,25,31H,1-3H3/b5-4+. The highest BCUT2D eigenvalue weighted by atomic mass is 35.5. The number of aliphatic hydroxyl groups excluding tert-OH is 1. The van der Waals surface area contributed by atoms with Gasteiger partial charge >= 0.3 is 0 Å². The quantitative estimate of drug-likeness (QED) is 0.380. The number of hydrogen-bond donors (Lipinski definition) is 1. The molecule has 0 aliphatic carbocycles. The molecule has 0 radical (unpaired) electrons. The van der Waals surface area contributed by atoms with E-state index in [-0.39, 0.29) is 5.82 Å². The van der Waals surface area contributed by atoms with Crippen LogP contribution in [0.2, 0.25) is 5.02 Å². The SMILES string of the molecule is C/C=C/c1cc(F)cc(N(C)C(O)c2ccc(-c3ccc4c(cnn4C)c3)cc2Cl)c1. The molecule has 158 valence electrons. The van der Waals surface area contributed by atoms with Crippen LogP contribution in [0, 0.1) is 5.82 Å². The number of fused-ring (bicyclic) bond motifs is 1. The van der Waals surface area contributed by atoms with Gasteiger partial charge in [0.25, 0.3) is 0 Å². The van der Waals surface area contributed by atoms with E-state index in [2.05, 4.69) is 11.2 Å². The van der Waals surface area contributed by atoms with E-state index in [1.54, 1.807) is 18.0 Å². The summed E-state index contributed by atoms with van der Waals surface area (Å²) in [5.74, 6) is -0.364. The molecule has 1 atom stereocenters. The Labute approximate surface area is 185 Å². The maximum absolute atomic E-state index is 14.0. The van der Waals surface area contributed by atoms with Crippen molar-refractivity contribution in [2.45, 2.75) is 13.2 Å². The summed E-state index contributed by atoms with van der Waals surface area (Å²) in [6.45, 7) is 1.87. The van der Waals surface area contributed by atoms with Crippen molar-refractivity contribution in [2.24, 2.45) is 7.05 Å². The third-order valence-electron chi connectivity index (χ3n) is 5.40. The van der Waals surface area contributed by atoms with Crippen molar-refractivity contribution in [2.75, 3.05) is 11.9 Å². The Morgan fingerprint density at radius 1 is 1.10 bits per heavy atom. The summed E-state index contributed by atoms with van der Waals surface area (Å²) in [5.41, 5.74) is 4.84. The summed E-state index contributed by atoms with van der Waals surface area (Å²) in [4.78, 5) is 1.60. The van der Waals surface area contributed by atoms with Gasteiger partial charge in [-0.15, -0.1) is 0 Å². The Kier molecular flexibility index (Phi) is 5.81. The Morgan fingerprint density at radius 2 is 1.84 bits per heavy atom. The lowest BCUT2D eigenvalue weighted by atomic mass is 10.0. The van der Waals surface area contributed by atoms with Gasteiger partial charge in [-0.25, -0.2) is 4.39 Å². The van der Waals surface area contributed by atoms with E-state index in [1.165, 1.54) is 12.1 Å². The number of benzene rings is 3. The molecule has 1 heterocycles. The molecule has 0 saturated carbocycles. The van der Waals surface area contributed by atoms with Gasteiger partial charge in [-0.2, -0.15) is 5.10 Å². The molecular weight excluding hydrogens is 413 g/mol. The van der Waals surface area contributed by atoms with Gasteiger partial charge < -0.3 is 10.0 Å². The molecule has 1 N–H and O–H groups in total. The molecule has 31 heavy (non-hydrogen) atoms. The third-order valence-corrected chi connectivity index (χ3v) is 5.72. The van der Waals surface area contributed by atoms with Gasteiger partial charge in [0.1, 0.15) is 5.82 Å². The van der Waals surface area contributed by atoms with E-state index in [1.807, 2.05) is 67.3 Å². The number of hydrogen-bond acceptors (Lipinski definition) is 3. The number of aromatic nitrogens is 2. The zero-order chi connectivity index (χ0) is 22.1. The first-order valence-corrected chi connectivity index (χ1v) is 10.3. The summed E-state index contributed by atoms with van der Waals surface area (Å²) >= 11 is 6.55. The van der Waals surface area contributed by atoms with E-state index in [0.29, 0.717) is 16.3 Å². The van der Waals surface area contributed by atoms with Crippen molar-refractivity contribution >= 4 is 34.3 Å². The molecular formula is C25H23ClFN3O. The highest BCUT2D eigenvalue weighted by molar-refractivity contribution is 6.31. The van der Waals surface area contributed by atoms with Crippen LogP contribution in [0.3, 0.4) is 0 Å². The second-order valence-corrected chi connectivity index (χ2v) is 7.91. The average Bonchev–Trinajstić information content (AvgIpc) is 3.12. The lowest BCUT2D eigenvalue weighted by molar-refractivity contribution is 0.178. The zero-order valence-electron chi connectivity index (χ0n) is 17.6. The Balaban J connectivity index is 1.64. The van der Waals surface area contributed by atoms with Gasteiger partial charge in [0.15, 0.2) is 6.23 Å². The van der Waals surface area contributed by atoms with Crippen molar-refractivity contribution < 1.29 is 9.50 Å². The van der Waals surface area contributed by atoms with Crippen LogP contribution in [0.4, 0.5) is 10.1 Å². The van der Waals surface area contributed by atoms with Crippen LogP contribution in [0.25, 0.3) is 28.1 Å². The minimum Gasteiger partial charge on any atom is -0.369 e. The first-order valence-electron chi connectivity index (χ1n) is 9.93. The van der Waals surface area contributed by atoms with Crippen molar-refractivity contribution in [1.82, 2.24) is 9.78 Å². The molecule has 0 aliphatic heterocycles. The normalized spacial score (nSPS) is 12.6. The van der Waals surface area contributed by atoms with Crippen molar-refractivity contribution in [1.29, 1.82) is 0 Å². The van der Waals surface area contributed by atoms with Gasteiger partial charge in [0.2, 0.25) is 0 Å². The van der Waals surface area contributed by atoms with Gasteiger partial charge in [0.05, 0.1) is 11.7 Å². The van der Waals surface area contributed by atoms with Crippen LogP contribution in [-0.2, 0) is 7.05 Å². The summed E-state index contributed by atoms with van der Waals surface area (Å²) in [5, 5.41) is 16.7. The summed E-state index contributed by atoms with van der Waals surface area (Å²) in [7, 11) is 3.62. The summed E-state index contributed by atoms with van der Waals surface area (Å²) in [6, 6.07) is 16.3. The molecule has 4 aromatic rings. The number of allylic oxidation sites excluding steroid dienone is 1. The molecule has 0 fully saturated rings. The number of anilines is 1. The molecule has 1 unspecified atom stereocenters. The number of rotatable bonds is 5. The Bertz CT molecular complexity index is 1280. The predicted molar refractivity (Wildman–Crippen MR) is 126 cm³/mol. The predicted octanol–water partition coefficient (Wildman–Crippen LogP) is 6.19. The average molecular weight is 436 g/mol. The Morgan fingerprint density at radius 3 is 2.58 bits per heavy atom. The second-order valence-electron chi connectivity index (χ2n) is 7.51. The smallest absolute Gasteiger partial charge is 0.154 e. The maximum Gasteiger partial charge on any atom is 0.154 e. The fourth-order valence-corrected chi connectivity index (χ4v) is 3.98. The van der Waals surface area contributed by atoms with Crippen molar-refractivity contribution in [3.05, 3.63) is 88.8 Å². The van der Waals surface area contributed by atoms with Crippen LogP contribution in [0.1, 0.15) is 24.3 Å². The first-order chi connectivity index (χ1) is 14.9. The van der Waals surface area contributed by atoms with Gasteiger partial charge in [-0.3, -0.25) is 4.68 Å². The van der Waals surface area contributed by atoms with Crippen molar-refractivity contribution in [3.8, 4) is 11.1 Å². The molecule has 0 spiro atoms. The van der Waals surface area contributed by atoms with Crippen LogP contribution in [0.5, 0.6) is 0 Å². The maximum atomic E-state index is 14.0. The lowest BCUT2D eigenvalue weighted by Crippen LogP contribution is -2.24. The number of aryl methyl sites for hydroxylation is 1. The molecule has 4 nitrogen and oxygen atoms in total. The third kappa shape index (κ3) is 4.20. The van der Waals surface area contributed by atoms with Crippen LogP contribution in [0.15, 0.2) is 66.9 Å². The van der Waals surface area contributed by atoms with E-state index >= 15 is 0 Å². The number of nitrogens with zero attached hydrogens (tertiary/aromatic N) is 3. The van der Waals surface area contributed by atoms with E-state index < -0.39 is 6.23 Å². The summed E-state index contributed by atoms with van der Waals surface area (Å²) in [6.07, 6.45) is 4.46. The fourth-order valence-electron chi connectivity index (χ4n) is 3.70. The second kappa shape index (κ2) is 8.53. The number of halogens is 2. The highest BCUT2D eigenvalue weighted by Crippen LogP contribution is 2.33. The fraction of sp³-hybridized carbons (Fsp3) is 0.160. The molecule has 3 aromatic carbocycles. The Hall–Kier alpha value is -3.15. The van der Waals surface area contributed by atoms with Gasteiger partial charge in [-0.1, -0.05) is 42.0 Å². The van der Waals surface area contributed by atoms with E-state index in [4.69, 9.17) is 11.6 Å². The van der Waals surface area contributed by atoms with Crippen molar-refractivity contribution in [3.63, 3.8) is 0 Å². The highest BCUT2D eigenvalue weighted by Gasteiger charge is 2.19. The molecule has 0 bridgehead atoms.